The Kier molecular flexibility index (Phi) is 7.92. The van der Waals surface area contributed by atoms with Crippen molar-refractivity contribution in [3.8, 4) is 0 Å². The number of carbonyl (C=O) groups is 1. The van der Waals surface area contributed by atoms with Gasteiger partial charge in [0.15, 0.2) is 5.04 Å². The highest BCUT2D eigenvalue weighted by molar-refractivity contribution is 8.18. The van der Waals surface area contributed by atoms with Crippen molar-refractivity contribution in [2.24, 2.45) is 10.3 Å². The number of ether oxygens (including phenoxy) is 1. The lowest BCUT2D eigenvalue weighted by atomic mass is 10.5. The molecule has 15 heavy (non-hydrogen) atoms. The summed E-state index contributed by atoms with van der Waals surface area (Å²) in [4.78, 5) is 10.7. The molecule has 0 fully saturated rings. The molecule has 0 aromatic heterocycles. The second-order valence-corrected chi connectivity index (χ2v) is 4.36. The molecule has 2 N–H and O–H groups in total. The summed E-state index contributed by atoms with van der Waals surface area (Å²) < 4.78 is 4.42. The maximum absolute atomic E-state index is 10.7. The summed E-state index contributed by atoms with van der Waals surface area (Å²) in [7, 11) is 1.31. The van der Waals surface area contributed by atoms with Gasteiger partial charge < -0.3 is 15.2 Å². The van der Waals surface area contributed by atoms with E-state index in [2.05, 4.69) is 15.0 Å². The Hall–Kier alpha value is -0.890. The molecule has 0 rings (SSSR count). The van der Waals surface area contributed by atoms with Gasteiger partial charge in [-0.1, -0.05) is 10.3 Å². The van der Waals surface area contributed by atoms with Gasteiger partial charge in [-0.3, -0.25) is 0 Å². The van der Waals surface area contributed by atoms with Gasteiger partial charge >= 0.3 is 5.30 Å². The largest absolute Gasteiger partial charge is 0.461 e. The van der Waals surface area contributed by atoms with E-state index in [0.29, 0.717) is 11.5 Å². The summed E-state index contributed by atoms with van der Waals surface area (Å²) in [5.41, 5.74) is 0.227. The van der Waals surface area contributed by atoms with Crippen molar-refractivity contribution in [3.63, 3.8) is 0 Å². The van der Waals surface area contributed by atoms with Gasteiger partial charge in [-0.15, -0.1) is 11.8 Å². The van der Waals surface area contributed by atoms with Crippen molar-refractivity contribution in [1.29, 1.82) is 0 Å². The molecule has 0 saturated carbocycles. The van der Waals surface area contributed by atoms with Gasteiger partial charge in [-0.2, -0.15) is 0 Å². The first-order valence-corrected chi connectivity index (χ1v) is 5.87. The van der Waals surface area contributed by atoms with Crippen LogP contribution in [0.25, 0.3) is 0 Å². The molecule has 0 bridgehead atoms. The van der Waals surface area contributed by atoms with E-state index in [1.807, 2.05) is 0 Å². The highest BCUT2D eigenvalue weighted by atomic mass is 32.2. The van der Waals surface area contributed by atoms with Crippen LogP contribution in [0.1, 0.15) is 6.92 Å². The van der Waals surface area contributed by atoms with Crippen LogP contribution >= 0.6 is 23.5 Å². The molecule has 0 unspecified atom stereocenters. The zero-order chi connectivity index (χ0) is 11.7. The minimum atomic E-state index is -0.356. The Balaban J connectivity index is 3.80. The molecule has 0 saturated heterocycles. The van der Waals surface area contributed by atoms with Gasteiger partial charge in [0.05, 0.1) is 7.11 Å². The molecule has 0 heterocycles. The first-order valence-electron chi connectivity index (χ1n) is 3.90. The Morgan fingerprint density at radius 1 is 1.27 bits per heavy atom. The Labute approximate surface area is 95.7 Å². The Morgan fingerprint density at radius 3 is 2.33 bits per heavy atom. The maximum atomic E-state index is 10.7. The highest BCUT2D eigenvalue weighted by Gasteiger charge is 2.07. The number of carbonyl (C=O) groups excluding carboxylic acids is 1. The molecule has 0 atom stereocenters. The van der Waals surface area contributed by atoms with Crippen LogP contribution in [0.2, 0.25) is 0 Å². The molecule has 0 aliphatic carbocycles. The van der Waals surface area contributed by atoms with Crippen LogP contribution in [0.5, 0.6) is 0 Å². The van der Waals surface area contributed by atoms with Gasteiger partial charge in [0.1, 0.15) is 5.71 Å². The first-order chi connectivity index (χ1) is 7.15. The standard InChI is InChI=1S/C7H12N2O4S2/c1-5(8-11)6(9-12)14-3-4-15-7(10)13-2/h11-12H,3-4H2,1-2H3. The smallest absolute Gasteiger partial charge is 0.367 e. The topological polar surface area (TPSA) is 91.5 Å². The van der Waals surface area contributed by atoms with Gasteiger partial charge in [0.2, 0.25) is 0 Å². The average Bonchev–Trinajstić information content (AvgIpc) is 2.27. The normalized spacial score (nSPS) is 12.7. The molecule has 8 heteroatoms. The lowest BCUT2D eigenvalue weighted by molar-refractivity contribution is 0.200. The quantitative estimate of drug-likeness (QED) is 0.198. The fourth-order valence-corrected chi connectivity index (χ4v) is 2.02. The minimum Gasteiger partial charge on any atom is -0.461 e. The molecule has 0 amide bonds. The fourth-order valence-electron chi connectivity index (χ4n) is 0.571. The third kappa shape index (κ3) is 6.24. The van der Waals surface area contributed by atoms with Crippen LogP contribution in [0.15, 0.2) is 10.3 Å². The average molecular weight is 252 g/mol. The van der Waals surface area contributed by atoms with Gasteiger partial charge in [-0.25, -0.2) is 4.79 Å². The van der Waals surface area contributed by atoms with Crippen LogP contribution in [0.3, 0.4) is 0 Å². The minimum absolute atomic E-state index is 0.225. The number of thioether (sulfide) groups is 2. The fraction of sp³-hybridized carbons (Fsp3) is 0.571. The van der Waals surface area contributed by atoms with Crippen LogP contribution in [-0.2, 0) is 4.74 Å². The zero-order valence-corrected chi connectivity index (χ0v) is 9.97. The summed E-state index contributed by atoms with van der Waals surface area (Å²) in [6.07, 6.45) is 0. The number of hydrogen-bond acceptors (Lipinski definition) is 8. The van der Waals surface area contributed by atoms with E-state index >= 15 is 0 Å². The number of nitrogens with zero attached hydrogens (tertiary/aromatic N) is 2. The van der Waals surface area contributed by atoms with Crippen LogP contribution in [-0.4, -0.2) is 45.1 Å². The summed E-state index contributed by atoms with van der Waals surface area (Å²) in [5.74, 6) is 1.07. The number of oxime groups is 2. The van der Waals surface area contributed by atoms with E-state index < -0.39 is 0 Å². The van der Waals surface area contributed by atoms with Gasteiger partial charge in [-0.05, 0) is 18.7 Å². The molecule has 0 aromatic rings. The second-order valence-electron chi connectivity index (χ2n) is 2.24. The molecule has 0 aliphatic rings. The molecular formula is C7H12N2O4S2. The molecule has 0 aromatic carbocycles. The van der Waals surface area contributed by atoms with E-state index in [4.69, 9.17) is 10.4 Å². The Morgan fingerprint density at radius 2 is 1.87 bits per heavy atom. The highest BCUT2D eigenvalue weighted by Crippen LogP contribution is 2.11. The van der Waals surface area contributed by atoms with Crippen molar-refractivity contribution >= 4 is 39.6 Å². The predicted octanol–water partition coefficient (Wildman–Crippen LogP) is 1.86. The number of hydrogen-bond donors (Lipinski definition) is 2. The van der Waals surface area contributed by atoms with E-state index in [0.717, 1.165) is 11.8 Å². The van der Waals surface area contributed by atoms with E-state index in [1.54, 1.807) is 0 Å². The molecule has 0 aliphatic heterocycles. The summed E-state index contributed by atoms with van der Waals surface area (Å²) in [6, 6.07) is 0. The molecule has 0 radical (unpaired) electrons. The third-order valence-corrected chi connectivity index (χ3v) is 3.39. The monoisotopic (exact) mass is 252 g/mol. The van der Waals surface area contributed by atoms with Crippen molar-refractivity contribution in [3.05, 3.63) is 0 Å². The Bertz CT molecular complexity index is 268. The summed E-state index contributed by atoms with van der Waals surface area (Å²) >= 11 is 2.21. The number of rotatable bonds is 4. The van der Waals surface area contributed by atoms with Crippen molar-refractivity contribution < 1.29 is 19.9 Å². The molecular weight excluding hydrogens is 240 g/mol. The van der Waals surface area contributed by atoms with E-state index in [9.17, 15) is 4.79 Å². The van der Waals surface area contributed by atoms with Gasteiger partial charge in [0.25, 0.3) is 0 Å². The van der Waals surface area contributed by atoms with E-state index in [-0.39, 0.29) is 16.1 Å². The van der Waals surface area contributed by atoms with E-state index in [1.165, 1.54) is 25.8 Å². The van der Waals surface area contributed by atoms with Crippen LogP contribution in [0, 0.1) is 0 Å². The van der Waals surface area contributed by atoms with Gasteiger partial charge in [0, 0.05) is 11.5 Å². The SMILES string of the molecule is COC(=O)SCCSC(=NO)C(C)=NO. The van der Waals surface area contributed by atoms with Crippen molar-refractivity contribution in [2.45, 2.75) is 6.92 Å². The first kappa shape index (κ1) is 14.1. The zero-order valence-electron chi connectivity index (χ0n) is 8.34. The van der Waals surface area contributed by atoms with Crippen molar-refractivity contribution in [2.75, 3.05) is 18.6 Å². The van der Waals surface area contributed by atoms with Crippen LogP contribution < -0.4 is 0 Å². The maximum Gasteiger partial charge on any atom is 0.367 e. The predicted molar refractivity (Wildman–Crippen MR) is 61.4 cm³/mol. The molecule has 0 spiro atoms. The third-order valence-electron chi connectivity index (χ3n) is 1.26. The molecule has 86 valence electrons. The summed E-state index contributed by atoms with van der Waals surface area (Å²) in [6.45, 7) is 1.51. The second kappa shape index (κ2) is 8.42. The number of methoxy groups -OCH3 is 1. The van der Waals surface area contributed by atoms with Crippen LogP contribution in [0.4, 0.5) is 4.79 Å². The summed E-state index contributed by atoms with van der Waals surface area (Å²) in [5, 5.41) is 22.7. The lowest BCUT2D eigenvalue weighted by Crippen LogP contribution is -2.08. The van der Waals surface area contributed by atoms with Crippen molar-refractivity contribution in [1.82, 2.24) is 0 Å². The molecule has 6 nitrogen and oxygen atoms in total. The lowest BCUT2D eigenvalue weighted by Gasteiger charge is -2.01.